The van der Waals surface area contributed by atoms with Crippen molar-refractivity contribution in [2.45, 2.75) is 18.6 Å². The Labute approximate surface area is 153 Å². The fourth-order valence-corrected chi connectivity index (χ4v) is 6.08. The number of hydrogen-bond acceptors (Lipinski definition) is 5. The Morgan fingerprint density at radius 1 is 1.19 bits per heavy atom. The van der Waals surface area contributed by atoms with Crippen molar-refractivity contribution in [1.29, 1.82) is 0 Å². The SMILES string of the molecule is CN(C)C(=O)N1CCN(Cc2ccc3occc3c2)[C@H]2CS(=O)(=O)C[C@H]21. The minimum atomic E-state index is -3.14. The number of piperazine rings is 1. The normalized spacial score (nSPS) is 25.4. The molecular weight excluding hydrogens is 354 g/mol. The van der Waals surface area contributed by atoms with Gasteiger partial charge >= 0.3 is 6.03 Å². The summed E-state index contributed by atoms with van der Waals surface area (Å²) >= 11 is 0. The molecular formula is C18H23N3O4S. The first-order chi connectivity index (χ1) is 12.3. The van der Waals surface area contributed by atoms with Gasteiger partial charge in [-0.25, -0.2) is 13.2 Å². The van der Waals surface area contributed by atoms with Crippen molar-refractivity contribution in [3.63, 3.8) is 0 Å². The van der Waals surface area contributed by atoms with Crippen LogP contribution in [0.2, 0.25) is 0 Å². The van der Waals surface area contributed by atoms with Gasteiger partial charge in [-0.05, 0) is 23.8 Å². The molecule has 2 amide bonds. The fourth-order valence-electron chi connectivity index (χ4n) is 4.06. The Morgan fingerprint density at radius 3 is 2.73 bits per heavy atom. The summed E-state index contributed by atoms with van der Waals surface area (Å²) in [6, 6.07) is 7.42. The van der Waals surface area contributed by atoms with Crippen molar-refractivity contribution in [1.82, 2.24) is 14.7 Å². The van der Waals surface area contributed by atoms with E-state index in [0.29, 0.717) is 19.6 Å². The predicted octanol–water partition coefficient (Wildman–Crippen LogP) is 1.40. The summed E-state index contributed by atoms with van der Waals surface area (Å²) in [4.78, 5) is 17.9. The van der Waals surface area contributed by atoms with E-state index in [-0.39, 0.29) is 29.6 Å². The lowest BCUT2D eigenvalue weighted by molar-refractivity contribution is 0.0521. The number of amides is 2. The smallest absolute Gasteiger partial charge is 0.319 e. The van der Waals surface area contributed by atoms with Crippen molar-refractivity contribution in [3.05, 3.63) is 36.1 Å². The number of carbonyl (C=O) groups is 1. The summed E-state index contributed by atoms with van der Waals surface area (Å²) in [5.74, 6) is 0.164. The van der Waals surface area contributed by atoms with Gasteiger partial charge in [0.05, 0.1) is 23.8 Å². The van der Waals surface area contributed by atoms with Crippen molar-refractivity contribution in [2.24, 2.45) is 0 Å². The van der Waals surface area contributed by atoms with E-state index in [2.05, 4.69) is 11.0 Å². The lowest BCUT2D eigenvalue weighted by atomic mass is 10.0. The standard InChI is InChI=1S/C18H23N3O4S/c1-19(2)18(22)21-7-6-20(15-11-26(23,24)12-16(15)21)10-13-3-4-17-14(9-13)5-8-25-17/h3-5,8-9,15-16H,6-7,10-12H2,1-2H3/t15-,16+/m0/s1. The van der Waals surface area contributed by atoms with Crippen LogP contribution >= 0.6 is 0 Å². The van der Waals surface area contributed by atoms with Crippen LogP contribution in [0.25, 0.3) is 11.0 Å². The van der Waals surface area contributed by atoms with Crippen LogP contribution < -0.4 is 0 Å². The highest BCUT2D eigenvalue weighted by atomic mass is 32.2. The number of furan rings is 1. The third-order valence-corrected chi connectivity index (χ3v) is 7.02. The Hall–Kier alpha value is -2.06. The highest BCUT2D eigenvalue weighted by Gasteiger charge is 2.48. The van der Waals surface area contributed by atoms with Gasteiger partial charge in [-0.15, -0.1) is 0 Å². The van der Waals surface area contributed by atoms with Gasteiger partial charge in [0.1, 0.15) is 5.58 Å². The van der Waals surface area contributed by atoms with E-state index in [1.807, 2.05) is 18.2 Å². The van der Waals surface area contributed by atoms with Gasteiger partial charge < -0.3 is 14.2 Å². The van der Waals surface area contributed by atoms with Gasteiger partial charge in [-0.2, -0.15) is 0 Å². The van der Waals surface area contributed by atoms with E-state index in [1.54, 1.807) is 25.3 Å². The summed E-state index contributed by atoms with van der Waals surface area (Å²) in [7, 11) is 0.262. The maximum Gasteiger partial charge on any atom is 0.319 e. The molecule has 0 saturated carbocycles. The van der Waals surface area contributed by atoms with E-state index in [9.17, 15) is 13.2 Å². The molecule has 3 heterocycles. The molecule has 0 aliphatic carbocycles. The molecule has 0 radical (unpaired) electrons. The Bertz CT molecular complexity index is 937. The number of rotatable bonds is 2. The molecule has 2 atom stereocenters. The zero-order valence-corrected chi connectivity index (χ0v) is 15.8. The fraction of sp³-hybridized carbons (Fsp3) is 0.500. The van der Waals surface area contributed by atoms with E-state index in [0.717, 1.165) is 16.5 Å². The molecule has 26 heavy (non-hydrogen) atoms. The third kappa shape index (κ3) is 3.07. The van der Waals surface area contributed by atoms with E-state index in [4.69, 9.17) is 4.42 Å². The first-order valence-electron chi connectivity index (χ1n) is 8.72. The molecule has 2 aliphatic heterocycles. The molecule has 2 saturated heterocycles. The quantitative estimate of drug-likeness (QED) is 0.791. The second kappa shape index (κ2) is 6.28. The van der Waals surface area contributed by atoms with Gasteiger partial charge in [-0.1, -0.05) is 6.07 Å². The monoisotopic (exact) mass is 377 g/mol. The van der Waals surface area contributed by atoms with Crippen LogP contribution in [0, 0.1) is 0 Å². The van der Waals surface area contributed by atoms with Crippen LogP contribution in [-0.2, 0) is 16.4 Å². The number of nitrogens with zero attached hydrogens (tertiary/aromatic N) is 3. The first-order valence-corrected chi connectivity index (χ1v) is 10.5. The highest BCUT2D eigenvalue weighted by molar-refractivity contribution is 7.91. The van der Waals surface area contributed by atoms with Crippen LogP contribution in [0.4, 0.5) is 4.79 Å². The average Bonchev–Trinajstić information content (AvgIpc) is 3.17. The van der Waals surface area contributed by atoms with Gasteiger partial charge in [0.25, 0.3) is 0 Å². The predicted molar refractivity (Wildman–Crippen MR) is 98.6 cm³/mol. The number of benzene rings is 1. The van der Waals surface area contributed by atoms with Crippen molar-refractivity contribution in [2.75, 3.05) is 38.7 Å². The lowest BCUT2D eigenvalue weighted by Gasteiger charge is -2.44. The molecule has 140 valence electrons. The molecule has 0 bridgehead atoms. The molecule has 8 heteroatoms. The molecule has 1 aromatic carbocycles. The molecule has 0 N–H and O–H groups in total. The zero-order valence-electron chi connectivity index (χ0n) is 15.0. The molecule has 0 spiro atoms. The largest absolute Gasteiger partial charge is 0.464 e. The molecule has 2 aliphatic rings. The Kier molecular flexibility index (Phi) is 4.19. The van der Waals surface area contributed by atoms with Crippen molar-refractivity contribution in [3.8, 4) is 0 Å². The van der Waals surface area contributed by atoms with Crippen LogP contribution in [-0.4, -0.2) is 79.9 Å². The third-order valence-electron chi connectivity index (χ3n) is 5.32. The maximum absolute atomic E-state index is 12.5. The summed E-state index contributed by atoms with van der Waals surface area (Å²) in [5, 5.41) is 1.04. The summed E-state index contributed by atoms with van der Waals surface area (Å²) in [6.07, 6.45) is 1.67. The average molecular weight is 377 g/mol. The maximum atomic E-state index is 12.5. The van der Waals surface area contributed by atoms with Gasteiger partial charge in [-0.3, -0.25) is 4.90 Å². The number of carbonyl (C=O) groups excluding carboxylic acids is 1. The van der Waals surface area contributed by atoms with Gasteiger partial charge in [0, 0.05) is 45.2 Å². The van der Waals surface area contributed by atoms with Crippen LogP contribution in [0.5, 0.6) is 0 Å². The van der Waals surface area contributed by atoms with Crippen molar-refractivity contribution >= 4 is 26.8 Å². The number of hydrogen-bond donors (Lipinski definition) is 0. The molecule has 0 unspecified atom stereocenters. The van der Waals surface area contributed by atoms with E-state index < -0.39 is 9.84 Å². The minimum Gasteiger partial charge on any atom is -0.464 e. The summed E-state index contributed by atoms with van der Waals surface area (Å²) < 4.78 is 29.9. The lowest BCUT2D eigenvalue weighted by Crippen LogP contribution is -2.61. The number of sulfone groups is 1. The molecule has 2 fully saturated rings. The molecule has 2 aromatic rings. The summed E-state index contributed by atoms with van der Waals surface area (Å²) in [6.45, 7) is 1.88. The van der Waals surface area contributed by atoms with Crippen LogP contribution in [0.15, 0.2) is 34.9 Å². The van der Waals surface area contributed by atoms with Crippen LogP contribution in [0.3, 0.4) is 0 Å². The van der Waals surface area contributed by atoms with Crippen molar-refractivity contribution < 1.29 is 17.6 Å². The second-order valence-corrected chi connectivity index (χ2v) is 9.50. The first kappa shape index (κ1) is 17.4. The molecule has 1 aromatic heterocycles. The Morgan fingerprint density at radius 2 is 1.96 bits per heavy atom. The Balaban J connectivity index is 1.58. The van der Waals surface area contributed by atoms with Crippen LogP contribution in [0.1, 0.15) is 5.56 Å². The van der Waals surface area contributed by atoms with E-state index in [1.165, 1.54) is 4.90 Å². The molecule has 4 rings (SSSR count). The highest BCUT2D eigenvalue weighted by Crippen LogP contribution is 2.29. The topological polar surface area (TPSA) is 74.1 Å². The van der Waals surface area contributed by atoms with Gasteiger partial charge in [0.15, 0.2) is 9.84 Å². The molecule has 7 nitrogen and oxygen atoms in total. The van der Waals surface area contributed by atoms with Gasteiger partial charge in [0.2, 0.25) is 0 Å². The van der Waals surface area contributed by atoms with E-state index >= 15 is 0 Å². The number of fused-ring (bicyclic) bond motifs is 2. The second-order valence-electron chi connectivity index (χ2n) is 7.35. The summed E-state index contributed by atoms with van der Waals surface area (Å²) in [5.41, 5.74) is 1.96. The number of urea groups is 1. The minimum absolute atomic E-state index is 0.0501. The zero-order chi connectivity index (χ0) is 18.5.